The Bertz CT molecular complexity index is 799. The molecule has 1 aliphatic carbocycles. The number of halogens is 1. The standard InChI is InChI=1S/C18H14FNO/c1-18(2)9-17(21)15-4-3-12(8-16(15)18)13-5-11(10-20)6-14(19)7-13/h3-8H,9H2,1-2H3. The number of nitrogens with zero attached hydrogens (tertiary/aromatic N) is 1. The summed E-state index contributed by atoms with van der Waals surface area (Å²) in [5, 5.41) is 8.94. The summed E-state index contributed by atoms with van der Waals surface area (Å²) < 4.78 is 13.6. The molecule has 0 saturated heterocycles. The van der Waals surface area contributed by atoms with Gasteiger partial charge in [0.2, 0.25) is 0 Å². The van der Waals surface area contributed by atoms with Crippen LogP contribution >= 0.6 is 0 Å². The summed E-state index contributed by atoms with van der Waals surface area (Å²) in [6, 6.07) is 11.8. The molecule has 2 aromatic carbocycles. The van der Waals surface area contributed by atoms with Crippen LogP contribution in [-0.2, 0) is 5.41 Å². The van der Waals surface area contributed by atoms with Crippen LogP contribution in [0.4, 0.5) is 4.39 Å². The van der Waals surface area contributed by atoms with Crippen LogP contribution in [0.5, 0.6) is 0 Å². The number of carbonyl (C=O) groups excluding carboxylic acids is 1. The molecule has 0 bridgehead atoms. The molecule has 3 heteroatoms. The van der Waals surface area contributed by atoms with Gasteiger partial charge in [0, 0.05) is 12.0 Å². The molecule has 0 spiro atoms. The van der Waals surface area contributed by atoms with E-state index in [1.807, 2.05) is 32.0 Å². The Balaban J connectivity index is 2.17. The number of rotatable bonds is 1. The summed E-state index contributed by atoms with van der Waals surface area (Å²) in [4.78, 5) is 12.0. The third kappa shape index (κ3) is 2.23. The Morgan fingerprint density at radius 2 is 1.90 bits per heavy atom. The number of ketones is 1. The lowest BCUT2D eigenvalue weighted by atomic mass is 9.85. The number of hydrogen-bond acceptors (Lipinski definition) is 2. The minimum Gasteiger partial charge on any atom is -0.294 e. The third-order valence-corrected chi connectivity index (χ3v) is 4.01. The average Bonchev–Trinajstić information content (AvgIpc) is 2.67. The van der Waals surface area contributed by atoms with Gasteiger partial charge in [0.15, 0.2) is 5.78 Å². The van der Waals surface area contributed by atoms with Gasteiger partial charge in [0.05, 0.1) is 11.6 Å². The largest absolute Gasteiger partial charge is 0.294 e. The van der Waals surface area contributed by atoms with Gasteiger partial charge in [-0.2, -0.15) is 5.26 Å². The van der Waals surface area contributed by atoms with Gasteiger partial charge in [-0.05, 0) is 46.4 Å². The minimum atomic E-state index is -0.431. The Morgan fingerprint density at radius 3 is 2.62 bits per heavy atom. The fraction of sp³-hybridized carbons (Fsp3) is 0.222. The van der Waals surface area contributed by atoms with Gasteiger partial charge in [0.1, 0.15) is 5.82 Å². The SMILES string of the molecule is CC1(C)CC(=O)c2ccc(-c3cc(F)cc(C#N)c3)cc21. The first-order valence-corrected chi connectivity index (χ1v) is 6.79. The second-order valence-electron chi connectivity index (χ2n) is 6.08. The van der Waals surface area contributed by atoms with E-state index in [0.29, 0.717) is 17.5 Å². The predicted molar refractivity (Wildman–Crippen MR) is 78.5 cm³/mol. The summed E-state index contributed by atoms with van der Waals surface area (Å²) >= 11 is 0. The van der Waals surface area contributed by atoms with Crippen molar-refractivity contribution in [3.05, 3.63) is 58.9 Å². The van der Waals surface area contributed by atoms with Crippen molar-refractivity contribution in [1.82, 2.24) is 0 Å². The van der Waals surface area contributed by atoms with Crippen molar-refractivity contribution in [2.45, 2.75) is 25.7 Å². The van der Waals surface area contributed by atoms with Crippen LogP contribution in [-0.4, -0.2) is 5.78 Å². The summed E-state index contributed by atoms with van der Waals surface area (Å²) in [5.41, 5.74) is 3.32. The van der Waals surface area contributed by atoms with Crippen molar-refractivity contribution in [2.24, 2.45) is 0 Å². The normalized spacial score (nSPS) is 15.6. The highest BCUT2D eigenvalue weighted by Crippen LogP contribution is 2.40. The molecule has 3 rings (SSSR count). The molecule has 0 radical (unpaired) electrons. The highest BCUT2D eigenvalue weighted by atomic mass is 19.1. The lowest BCUT2D eigenvalue weighted by Gasteiger charge is -2.18. The molecule has 0 aliphatic heterocycles. The lowest BCUT2D eigenvalue weighted by molar-refractivity contribution is 0.0979. The number of nitriles is 1. The van der Waals surface area contributed by atoms with Crippen LogP contribution in [0.15, 0.2) is 36.4 Å². The zero-order valence-corrected chi connectivity index (χ0v) is 11.9. The number of benzene rings is 2. The molecule has 104 valence electrons. The zero-order chi connectivity index (χ0) is 15.2. The molecule has 0 saturated carbocycles. The van der Waals surface area contributed by atoms with E-state index < -0.39 is 5.82 Å². The number of carbonyl (C=O) groups is 1. The van der Waals surface area contributed by atoms with E-state index >= 15 is 0 Å². The van der Waals surface area contributed by atoms with Crippen molar-refractivity contribution in [3.63, 3.8) is 0 Å². The first kappa shape index (κ1) is 13.5. The van der Waals surface area contributed by atoms with E-state index in [-0.39, 0.29) is 11.2 Å². The Hall–Kier alpha value is -2.47. The van der Waals surface area contributed by atoms with Gasteiger partial charge in [-0.25, -0.2) is 4.39 Å². The number of fused-ring (bicyclic) bond motifs is 1. The second kappa shape index (κ2) is 4.53. The van der Waals surface area contributed by atoms with Crippen LogP contribution in [0.1, 0.15) is 41.8 Å². The van der Waals surface area contributed by atoms with Crippen LogP contribution in [0.25, 0.3) is 11.1 Å². The maximum Gasteiger partial charge on any atom is 0.164 e. The Labute approximate surface area is 122 Å². The van der Waals surface area contributed by atoms with Crippen molar-refractivity contribution in [1.29, 1.82) is 5.26 Å². The number of hydrogen-bond donors (Lipinski definition) is 0. The molecule has 0 N–H and O–H groups in total. The van der Waals surface area contributed by atoms with E-state index in [2.05, 4.69) is 0 Å². The Morgan fingerprint density at radius 1 is 1.14 bits per heavy atom. The molecule has 0 fully saturated rings. The fourth-order valence-electron chi connectivity index (χ4n) is 2.94. The molecular formula is C18H14FNO. The van der Waals surface area contributed by atoms with Crippen LogP contribution in [0.2, 0.25) is 0 Å². The van der Waals surface area contributed by atoms with Gasteiger partial charge < -0.3 is 0 Å². The molecule has 0 atom stereocenters. The molecule has 1 aliphatic rings. The average molecular weight is 279 g/mol. The van der Waals surface area contributed by atoms with Crippen molar-refractivity contribution in [3.8, 4) is 17.2 Å². The summed E-state index contributed by atoms with van der Waals surface area (Å²) in [6.07, 6.45) is 0.498. The molecular weight excluding hydrogens is 265 g/mol. The van der Waals surface area contributed by atoms with Gasteiger partial charge in [-0.1, -0.05) is 26.0 Å². The quantitative estimate of drug-likeness (QED) is 0.783. The molecule has 21 heavy (non-hydrogen) atoms. The van der Waals surface area contributed by atoms with Crippen LogP contribution in [0.3, 0.4) is 0 Å². The first-order valence-electron chi connectivity index (χ1n) is 6.79. The van der Waals surface area contributed by atoms with E-state index in [1.165, 1.54) is 12.1 Å². The molecule has 2 nitrogen and oxygen atoms in total. The first-order chi connectivity index (χ1) is 9.90. The number of Topliss-reactive ketones (excluding diaryl/α,β-unsaturated/α-hetero) is 1. The molecule has 2 aromatic rings. The van der Waals surface area contributed by atoms with Crippen LogP contribution in [0, 0.1) is 17.1 Å². The third-order valence-electron chi connectivity index (χ3n) is 4.01. The Kier molecular flexibility index (Phi) is 2.91. The van der Waals surface area contributed by atoms with Crippen molar-refractivity contribution < 1.29 is 9.18 Å². The fourth-order valence-corrected chi connectivity index (χ4v) is 2.94. The zero-order valence-electron chi connectivity index (χ0n) is 11.9. The topological polar surface area (TPSA) is 40.9 Å². The van der Waals surface area contributed by atoms with Gasteiger partial charge in [-0.3, -0.25) is 4.79 Å². The van der Waals surface area contributed by atoms with Gasteiger partial charge >= 0.3 is 0 Å². The molecule has 0 heterocycles. The molecule has 0 amide bonds. The minimum absolute atomic E-state index is 0.151. The van der Waals surface area contributed by atoms with Crippen molar-refractivity contribution in [2.75, 3.05) is 0 Å². The maximum atomic E-state index is 13.6. The highest BCUT2D eigenvalue weighted by Gasteiger charge is 2.35. The second-order valence-corrected chi connectivity index (χ2v) is 6.08. The van der Waals surface area contributed by atoms with Gasteiger partial charge in [0.25, 0.3) is 0 Å². The summed E-state index contributed by atoms with van der Waals surface area (Å²) in [5.74, 6) is -0.279. The van der Waals surface area contributed by atoms with E-state index in [4.69, 9.17) is 5.26 Å². The van der Waals surface area contributed by atoms with Gasteiger partial charge in [-0.15, -0.1) is 0 Å². The van der Waals surface area contributed by atoms with E-state index in [9.17, 15) is 9.18 Å². The van der Waals surface area contributed by atoms with Crippen molar-refractivity contribution >= 4 is 5.78 Å². The summed E-state index contributed by atoms with van der Waals surface area (Å²) in [7, 11) is 0. The molecule has 0 unspecified atom stereocenters. The predicted octanol–water partition coefficient (Wildman–Crippen LogP) is 4.23. The van der Waals surface area contributed by atoms with E-state index in [1.54, 1.807) is 12.1 Å². The van der Waals surface area contributed by atoms with E-state index in [0.717, 1.165) is 16.7 Å². The highest BCUT2D eigenvalue weighted by molar-refractivity contribution is 6.02. The van der Waals surface area contributed by atoms with Crippen LogP contribution < -0.4 is 0 Å². The lowest BCUT2D eigenvalue weighted by Crippen LogP contribution is -2.12. The molecule has 0 aromatic heterocycles. The monoisotopic (exact) mass is 279 g/mol. The smallest absolute Gasteiger partial charge is 0.164 e. The summed E-state index contributed by atoms with van der Waals surface area (Å²) in [6.45, 7) is 4.07. The maximum absolute atomic E-state index is 13.6.